The molecule has 0 bridgehead atoms. The Morgan fingerprint density at radius 3 is 2.55 bits per heavy atom. The van der Waals surface area contributed by atoms with E-state index in [1.165, 1.54) is 30.6 Å². The zero-order valence-corrected chi connectivity index (χ0v) is 13.7. The number of benzene rings is 1. The van der Waals surface area contributed by atoms with Gasteiger partial charge in [-0.2, -0.15) is 0 Å². The minimum Gasteiger partial charge on any atom is -0.494 e. The number of methoxy groups -OCH3 is 1. The molecule has 0 aliphatic heterocycles. The van der Waals surface area contributed by atoms with E-state index in [4.69, 9.17) is 33.7 Å². The van der Waals surface area contributed by atoms with Gasteiger partial charge >= 0.3 is 0 Å². The SMILES string of the molecule is COc1c(Cl)cc(C(=O)Nc2nc(CC(N)=O)cs2)cc1Cl. The van der Waals surface area contributed by atoms with E-state index in [2.05, 4.69) is 10.3 Å². The zero-order valence-electron chi connectivity index (χ0n) is 11.4. The average Bonchev–Trinajstić information content (AvgIpc) is 2.84. The summed E-state index contributed by atoms with van der Waals surface area (Å²) in [6.45, 7) is 0. The van der Waals surface area contributed by atoms with Crippen LogP contribution in [0.3, 0.4) is 0 Å². The highest BCUT2D eigenvalue weighted by atomic mass is 35.5. The number of amides is 2. The monoisotopic (exact) mass is 359 g/mol. The lowest BCUT2D eigenvalue weighted by molar-refractivity contribution is -0.117. The fraction of sp³-hybridized carbons (Fsp3) is 0.154. The molecule has 0 aliphatic rings. The van der Waals surface area contributed by atoms with Crippen LogP contribution >= 0.6 is 34.5 Å². The number of primary amides is 1. The van der Waals surface area contributed by atoms with Crippen LogP contribution in [0.5, 0.6) is 5.75 Å². The fourth-order valence-corrected chi connectivity index (χ4v) is 3.03. The summed E-state index contributed by atoms with van der Waals surface area (Å²) in [4.78, 5) is 27.1. The van der Waals surface area contributed by atoms with Crippen LogP contribution in [0.2, 0.25) is 10.0 Å². The number of hydrogen-bond donors (Lipinski definition) is 2. The Kier molecular flexibility index (Phi) is 5.23. The van der Waals surface area contributed by atoms with Gasteiger partial charge in [0.1, 0.15) is 0 Å². The molecule has 22 heavy (non-hydrogen) atoms. The molecule has 0 saturated carbocycles. The lowest BCUT2D eigenvalue weighted by atomic mass is 10.2. The summed E-state index contributed by atoms with van der Waals surface area (Å²) in [6, 6.07) is 2.89. The van der Waals surface area contributed by atoms with Crippen LogP contribution < -0.4 is 15.8 Å². The summed E-state index contributed by atoms with van der Waals surface area (Å²) >= 11 is 13.2. The molecule has 9 heteroatoms. The van der Waals surface area contributed by atoms with Gasteiger partial charge in [0.15, 0.2) is 10.9 Å². The Labute approximate surface area is 140 Å². The Morgan fingerprint density at radius 2 is 2.00 bits per heavy atom. The standard InChI is InChI=1S/C13H11Cl2N3O3S/c1-21-11-8(14)2-6(3-9(11)15)12(20)18-13-17-7(5-22-13)4-10(16)19/h2-3,5H,4H2,1H3,(H2,16,19)(H,17,18,20). The predicted molar refractivity (Wildman–Crippen MR) is 86.0 cm³/mol. The van der Waals surface area contributed by atoms with Crippen molar-refractivity contribution in [2.75, 3.05) is 12.4 Å². The van der Waals surface area contributed by atoms with Crippen molar-refractivity contribution in [1.29, 1.82) is 0 Å². The summed E-state index contributed by atoms with van der Waals surface area (Å²) in [5, 5.41) is 5.06. The number of nitrogens with two attached hydrogens (primary N) is 1. The van der Waals surface area contributed by atoms with Gasteiger partial charge < -0.3 is 10.5 Å². The summed E-state index contributed by atoms with van der Waals surface area (Å²) in [7, 11) is 1.43. The third-order valence-electron chi connectivity index (χ3n) is 2.59. The van der Waals surface area contributed by atoms with Crippen molar-refractivity contribution in [2.24, 2.45) is 5.73 Å². The average molecular weight is 360 g/mol. The van der Waals surface area contributed by atoms with E-state index in [9.17, 15) is 9.59 Å². The van der Waals surface area contributed by atoms with Crippen LogP contribution in [0.15, 0.2) is 17.5 Å². The van der Waals surface area contributed by atoms with Crippen molar-refractivity contribution in [3.8, 4) is 5.75 Å². The van der Waals surface area contributed by atoms with Crippen molar-refractivity contribution in [3.63, 3.8) is 0 Å². The molecule has 0 radical (unpaired) electrons. The third kappa shape index (κ3) is 3.88. The molecule has 0 fully saturated rings. The van der Waals surface area contributed by atoms with Gasteiger partial charge in [0.05, 0.1) is 29.3 Å². The van der Waals surface area contributed by atoms with Crippen LogP contribution in [0.1, 0.15) is 16.1 Å². The number of nitrogens with zero attached hydrogens (tertiary/aromatic N) is 1. The predicted octanol–water partition coefficient (Wildman–Crippen LogP) is 2.74. The maximum atomic E-state index is 12.2. The van der Waals surface area contributed by atoms with Crippen molar-refractivity contribution < 1.29 is 14.3 Å². The summed E-state index contributed by atoms with van der Waals surface area (Å²) in [5.41, 5.74) is 5.85. The lowest BCUT2D eigenvalue weighted by Gasteiger charge is -2.08. The first-order chi connectivity index (χ1) is 10.4. The number of ether oxygens (including phenoxy) is 1. The van der Waals surface area contributed by atoms with Crippen LogP contribution in [-0.2, 0) is 11.2 Å². The van der Waals surface area contributed by atoms with Gasteiger partial charge in [-0.15, -0.1) is 11.3 Å². The number of thiazole rings is 1. The molecule has 3 N–H and O–H groups in total. The molecule has 0 spiro atoms. The van der Waals surface area contributed by atoms with E-state index in [0.29, 0.717) is 16.6 Å². The second kappa shape index (κ2) is 6.95. The molecule has 0 saturated heterocycles. The Hall–Kier alpha value is -1.83. The number of aromatic nitrogens is 1. The van der Waals surface area contributed by atoms with Gasteiger partial charge in [-0.05, 0) is 12.1 Å². The Balaban J connectivity index is 2.15. The molecule has 1 aromatic carbocycles. The van der Waals surface area contributed by atoms with E-state index in [1.54, 1.807) is 5.38 Å². The van der Waals surface area contributed by atoms with E-state index in [0.717, 1.165) is 0 Å². The first kappa shape index (κ1) is 16.5. The molecule has 2 rings (SSSR count). The van der Waals surface area contributed by atoms with Crippen molar-refractivity contribution in [1.82, 2.24) is 4.98 Å². The number of halogens is 2. The first-order valence-electron chi connectivity index (χ1n) is 5.97. The lowest BCUT2D eigenvalue weighted by Crippen LogP contribution is -2.14. The molecule has 6 nitrogen and oxygen atoms in total. The van der Waals surface area contributed by atoms with Crippen LogP contribution in [0.4, 0.5) is 5.13 Å². The van der Waals surface area contributed by atoms with Gasteiger partial charge in [0.2, 0.25) is 5.91 Å². The van der Waals surface area contributed by atoms with E-state index in [-0.39, 0.29) is 22.0 Å². The van der Waals surface area contributed by atoms with E-state index < -0.39 is 11.8 Å². The molecular weight excluding hydrogens is 349 g/mol. The molecule has 2 aromatic rings. The summed E-state index contributed by atoms with van der Waals surface area (Å²) in [5.74, 6) is -0.610. The Bertz CT molecular complexity index is 710. The normalized spacial score (nSPS) is 10.3. The second-order valence-corrected chi connectivity index (χ2v) is 5.89. The Morgan fingerprint density at radius 1 is 1.36 bits per heavy atom. The fourth-order valence-electron chi connectivity index (χ4n) is 1.68. The largest absolute Gasteiger partial charge is 0.494 e. The van der Waals surface area contributed by atoms with Crippen molar-refractivity contribution in [3.05, 3.63) is 38.8 Å². The molecule has 0 aliphatic carbocycles. The number of rotatable bonds is 5. The molecular formula is C13H11Cl2N3O3S. The van der Waals surface area contributed by atoms with Crippen LogP contribution in [0.25, 0.3) is 0 Å². The molecule has 0 atom stereocenters. The highest BCUT2D eigenvalue weighted by Gasteiger charge is 2.15. The molecule has 2 amide bonds. The van der Waals surface area contributed by atoms with Gasteiger partial charge in [-0.3, -0.25) is 14.9 Å². The van der Waals surface area contributed by atoms with E-state index >= 15 is 0 Å². The first-order valence-corrected chi connectivity index (χ1v) is 7.61. The highest BCUT2D eigenvalue weighted by Crippen LogP contribution is 2.34. The van der Waals surface area contributed by atoms with Crippen molar-refractivity contribution >= 4 is 51.5 Å². The second-order valence-electron chi connectivity index (χ2n) is 4.21. The van der Waals surface area contributed by atoms with Gasteiger partial charge in [0, 0.05) is 10.9 Å². The van der Waals surface area contributed by atoms with Crippen LogP contribution in [0, 0.1) is 0 Å². The van der Waals surface area contributed by atoms with Crippen molar-refractivity contribution in [2.45, 2.75) is 6.42 Å². The van der Waals surface area contributed by atoms with Gasteiger partial charge in [-0.1, -0.05) is 23.2 Å². The maximum Gasteiger partial charge on any atom is 0.257 e. The number of carbonyl (C=O) groups excluding carboxylic acids is 2. The summed E-state index contributed by atoms with van der Waals surface area (Å²) < 4.78 is 5.02. The van der Waals surface area contributed by atoms with E-state index in [1.807, 2.05) is 0 Å². The number of hydrogen-bond acceptors (Lipinski definition) is 5. The molecule has 116 valence electrons. The number of nitrogens with one attached hydrogen (secondary N) is 1. The topological polar surface area (TPSA) is 94.3 Å². The summed E-state index contributed by atoms with van der Waals surface area (Å²) in [6.07, 6.45) is 0.0204. The minimum absolute atomic E-state index is 0.0204. The highest BCUT2D eigenvalue weighted by molar-refractivity contribution is 7.14. The van der Waals surface area contributed by atoms with Gasteiger partial charge in [0.25, 0.3) is 5.91 Å². The maximum absolute atomic E-state index is 12.2. The smallest absolute Gasteiger partial charge is 0.257 e. The third-order valence-corrected chi connectivity index (χ3v) is 3.96. The number of anilines is 1. The molecule has 0 unspecified atom stereocenters. The number of carbonyl (C=O) groups is 2. The van der Waals surface area contributed by atoms with Gasteiger partial charge in [-0.25, -0.2) is 4.98 Å². The molecule has 1 heterocycles. The van der Waals surface area contributed by atoms with Crippen LogP contribution in [-0.4, -0.2) is 23.9 Å². The minimum atomic E-state index is -0.489. The zero-order chi connectivity index (χ0) is 16.3. The molecule has 1 aromatic heterocycles. The quantitative estimate of drug-likeness (QED) is 0.857.